The van der Waals surface area contributed by atoms with Crippen molar-refractivity contribution in [1.82, 2.24) is 0 Å². The second kappa shape index (κ2) is 5.08. The van der Waals surface area contributed by atoms with E-state index in [1.54, 1.807) is 12.1 Å². The lowest BCUT2D eigenvalue weighted by molar-refractivity contribution is -0.137. The molecule has 0 aliphatic carbocycles. The Morgan fingerprint density at radius 2 is 2.11 bits per heavy atom. The maximum Gasteiger partial charge on any atom is 0.336 e. The molecule has 1 aliphatic rings. The molecule has 0 saturated carbocycles. The highest BCUT2D eigenvalue weighted by atomic mass is 16.4. The van der Waals surface area contributed by atoms with Crippen LogP contribution in [0.3, 0.4) is 0 Å². The summed E-state index contributed by atoms with van der Waals surface area (Å²) >= 11 is 0. The van der Waals surface area contributed by atoms with Gasteiger partial charge in [-0.15, -0.1) is 0 Å². The van der Waals surface area contributed by atoms with E-state index in [0.717, 1.165) is 17.7 Å². The van der Waals surface area contributed by atoms with Crippen molar-refractivity contribution in [2.45, 2.75) is 31.7 Å². The molecule has 0 bridgehead atoms. The molecule has 1 aliphatic heterocycles. The number of carboxylic acid groups (broad SMARTS) is 2. The van der Waals surface area contributed by atoms with Crippen LogP contribution in [0.1, 0.15) is 35.2 Å². The van der Waals surface area contributed by atoms with Gasteiger partial charge in [0.2, 0.25) is 0 Å². The van der Waals surface area contributed by atoms with E-state index in [1.807, 2.05) is 6.07 Å². The zero-order valence-corrected chi connectivity index (χ0v) is 9.85. The fourth-order valence-electron chi connectivity index (χ4n) is 2.32. The largest absolute Gasteiger partial charge is 0.481 e. The molecule has 18 heavy (non-hydrogen) atoms. The Labute approximate surface area is 104 Å². The van der Waals surface area contributed by atoms with Crippen LogP contribution in [-0.2, 0) is 11.2 Å². The van der Waals surface area contributed by atoms with Crippen LogP contribution in [0.15, 0.2) is 18.2 Å². The number of hydrogen-bond donors (Lipinski definition) is 3. The third-order valence-corrected chi connectivity index (χ3v) is 3.22. The molecule has 5 heteroatoms. The van der Waals surface area contributed by atoms with Crippen LogP contribution in [0.2, 0.25) is 0 Å². The molecule has 0 fully saturated rings. The summed E-state index contributed by atoms with van der Waals surface area (Å²) in [6, 6.07) is 5.25. The van der Waals surface area contributed by atoms with Crippen molar-refractivity contribution in [2.24, 2.45) is 0 Å². The monoisotopic (exact) mass is 249 g/mol. The Bertz CT molecular complexity index is 484. The van der Waals surface area contributed by atoms with E-state index in [4.69, 9.17) is 10.2 Å². The van der Waals surface area contributed by atoms with Crippen LogP contribution in [0.25, 0.3) is 0 Å². The molecule has 0 spiro atoms. The SMILES string of the molecule is O=C(O)CCC1CCc2c(cccc2C(=O)O)N1. The van der Waals surface area contributed by atoms with E-state index >= 15 is 0 Å². The molecular weight excluding hydrogens is 234 g/mol. The van der Waals surface area contributed by atoms with Gasteiger partial charge in [0.05, 0.1) is 5.56 Å². The Balaban J connectivity index is 2.13. The van der Waals surface area contributed by atoms with Gasteiger partial charge in [-0.25, -0.2) is 4.79 Å². The van der Waals surface area contributed by atoms with E-state index in [2.05, 4.69) is 5.32 Å². The van der Waals surface area contributed by atoms with E-state index in [0.29, 0.717) is 18.4 Å². The minimum atomic E-state index is -0.919. The number of carboxylic acids is 2. The molecule has 0 radical (unpaired) electrons. The lowest BCUT2D eigenvalue weighted by Crippen LogP contribution is -2.27. The number of fused-ring (bicyclic) bond motifs is 1. The lowest BCUT2D eigenvalue weighted by atomic mass is 9.92. The third kappa shape index (κ3) is 2.61. The quantitative estimate of drug-likeness (QED) is 0.759. The molecule has 0 saturated heterocycles. The Morgan fingerprint density at radius 1 is 1.33 bits per heavy atom. The normalized spacial score (nSPS) is 17.7. The van der Waals surface area contributed by atoms with Crippen LogP contribution in [0.5, 0.6) is 0 Å². The van der Waals surface area contributed by atoms with Crippen molar-refractivity contribution in [3.8, 4) is 0 Å². The molecule has 5 nitrogen and oxygen atoms in total. The molecule has 1 heterocycles. The highest BCUT2D eigenvalue weighted by Crippen LogP contribution is 2.29. The summed E-state index contributed by atoms with van der Waals surface area (Å²) in [6.45, 7) is 0. The van der Waals surface area contributed by atoms with E-state index < -0.39 is 11.9 Å². The van der Waals surface area contributed by atoms with Crippen molar-refractivity contribution in [3.05, 3.63) is 29.3 Å². The number of aromatic carboxylic acids is 1. The number of anilines is 1. The summed E-state index contributed by atoms with van der Waals surface area (Å²) in [6.07, 6.45) is 2.14. The number of benzene rings is 1. The molecule has 1 aromatic rings. The maximum absolute atomic E-state index is 11.1. The Hall–Kier alpha value is -2.04. The topological polar surface area (TPSA) is 86.6 Å². The van der Waals surface area contributed by atoms with Crippen LogP contribution >= 0.6 is 0 Å². The van der Waals surface area contributed by atoms with Gasteiger partial charge in [-0.2, -0.15) is 0 Å². The van der Waals surface area contributed by atoms with Gasteiger partial charge in [0, 0.05) is 18.2 Å². The first-order valence-corrected chi connectivity index (χ1v) is 5.91. The first-order valence-electron chi connectivity index (χ1n) is 5.91. The molecule has 1 unspecified atom stereocenters. The number of aliphatic carboxylic acids is 1. The molecule has 1 aromatic carbocycles. The first kappa shape index (κ1) is 12.4. The summed E-state index contributed by atoms with van der Waals surface area (Å²) in [5.41, 5.74) is 1.96. The minimum absolute atomic E-state index is 0.109. The fourth-order valence-corrected chi connectivity index (χ4v) is 2.32. The van der Waals surface area contributed by atoms with Crippen LogP contribution in [0.4, 0.5) is 5.69 Å². The van der Waals surface area contributed by atoms with E-state index in [1.165, 1.54) is 0 Å². The van der Waals surface area contributed by atoms with Gasteiger partial charge in [-0.3, -0.25) is 4.79 Å². The van der Waals surface area contributed by atoms with Crippen molar-refractivity contribution < 1.29 is 19.8 Å². The second-order valence-corrected chi connectivity index (χ2v) is 4.45. The number of hydrogen-bond acceptors (Lipinski definition) is 3. The maximum atomic E-state index is 11.1. The summed E-state index contributed by atoms with van der Waals surface area (Å²) < 4.78 is 0. The molecule has 96 valence electrons. The Kier molecular flexibility index (Phi) is 3.50. The average molecular weight is 249 g/mol. The molecule has 0 aromatic heterocycles. The lowest BCUT2D eigenvalue weighted by Gasteiger charge is -2.27. The van der Waals surface area contributed by atoms with Crippen LogP contribution < -0.4 is 5.32 Å². The van der Waals surface area contributed by atoms with Crippen molar-refractivity contribution >= 4 is 17.6 Å². The van der Waals surface area contributed by atoms with Crippen LogP contribution in [-0.4, -0.2) is 28.2 Å². The molecule has 1 atom stereocenters. The summed E-state index contributed by atoms with van der Waals surface area (Å²) in [7, 11) is 0. The zero-order chi connectivity index (χ0) is 13.1. The molecule has 0 amide bonds. The zero-order valence-electron chi connectivity index (χ0n) is 9.85. The molecule has 3 N–H and O–H groups in total. The van der Waals surface area contributed by atoms with E-state index in [-0.39, 0.29) is 12.5 Å². The van der Waals surface area contributed by atoms with Gasteiger partial charge in [0.1, 0.15) is 0 Å². The fraction of sp³-hybridized carbons (Fsp3) is 0.385. The van der Waals surface area contributed by atoms with Crippen molar-refractivity contribution in [2.75, 3.05) is 5.32 Å². The minimum Gasteiger partial charge on any atom is -0.481 e. The van der Waals surface area contributed by atoms with Gasteiger partial charge in [0.15, 0.2) is 0 Å². The summed E-state index contributed by atoms with van der Waals surface area (Å²) in [5.74, 6) is -1.72. The smallest absolute Gasteiger partial charge is 0.336 e. The van der Waals surface area contributed by atoms with Crippen molar-refractivity contribution in [3.63, 3.8) is 0 Å². The van der Waals surface area contributed by atoms with Gasteiger partial charge < -0.3 is 15.5 Å². The average Bonchev–Trinajstić information content (AvgIpc) is 2.35. The second-order valence-electron chi connectivity index (χ2n) is 4.45. The molecule has 2 rings (SSSR count). The number of rotatable bonds is 4. The van der Waals surface area contributed by atoms with Crippen LogP contribution in [0, 0.1) is 0 Å². The highest BCUT2D eigenvalue weighted by Gasteiger charge is 2.22. The standard InChI is InChI=1S/C13H15NO4/c15-12(16)7-5-8-4-6-9-10(13(17)18)2-1-3-11(9)14-8/h1-3,8,14H,4-7H2,(H,15,16)(H,17,18). The summed E-state index contributed by atoms with van der Waals surface area (Å²) in [5, 5.41) is 20.9. The first-order chi connectivity index (χ1) is 8.58. The number of nitrogens with one attached hydrogen (secondary N) is 1. The summed E-state index contributed by atoms with van der Waals surface area (Å²) in [4.78, 5) is 21.6. The van der Waals surface area contributed by atoms with Gasteiger partial charge >= 0.3 is 11.9 Å². The third-order valence-electron chi connectivity index (χ3n) is 3.22. The molecular formula is C13H15NO4. The van der Waals surface area contributed by atoms with Crippen molar-refractivity contribution in [1.29, 1.82) is 0 Å². The predicted molar refractivity (Wildman–Crippen MR) is 66.0 cm³/mol. The van der Waals surface area contributed by atoms with Gasteiger partial charge in [-0.05, 0) is 37.0 Å². The van der Waals surface area contributed by atoms with Gasteiger partial charge in [0.25, 0.3) is 0 Å². The van der Waals surface area contributed by atoms with Gasteiger partial charge in [-0.1, -0.05) is 6.07 Å². The Morgan fingerprint density at radius 3 is 2.78 bits per heavy atom. The number of carbonyl (C=O) groups is 2. The highest BCUT2D eigenvalue weighted by molar-refractivity contribution is 5.91. The van der Waals surface area contributed by atoms with E-state index in [9.17, 15) is 9.59 Å². The predicted octanol–water partition coefficient (Wildman–Crippen LogP) is 1.98.